The Balaban J connectivity index is 2.57. The zero-order chi connectivity index (χ0) is 19.8. The van der Waals surface area contributed by atoms with Crippen molar-refractivity contribution in [3.05, 3.63) is 35.4 Å². The molecule has 0 aliphatic heterocycles. The van der Waals surface area contributed by atoms with E-state index in [0.29, 0.717) is 12.1 Å². The van der Waals surface area contributed by atoms with Gasteiger partial charge in [-0.2, -0.15) is 24.9 Å². The highest BCUT2D eigenvalue weighted by Crippen LogP contribution is 2.29. The summed E-state index contributed by atoms with van der Waals surface area (Å²) in [6.45, 7) is 6.09. The molecule has 0 aliphatic carbocycles. The van der Waals surface area contributed by atoms with Gasteiger partial charge in [0.15, 0.2) is 0 Å². The topological polar surface area (TPSA) is 50.4 Å². The van der Waals surface area contributed by atoms with Gasteiger partial charge in [0.05, 0.1) is 5.56 Å². The van der Waals surface area contributed by atoms with E-state index in [2.05, 4.69) is 10.6 Å². The van der Waals surface area contributed by atoms with E-state index in [9.17, 15) is 18.0 Å². The second kappa shape index (κ2) is 10.1. The van der Waals surface area contributed by atoms with Crippen LogP contribution in [0, 0.1) is 0 Å². The van der Waals surface area contributed by atoms with E-state index in [1.165, 1.54) is 6.07 Å². The molecule has 0 unspecified atom stereocenters. The Morgan fingerprint density at radius 1 is 1.27 bits per heavy atom. The largest absolute Gasteiger partial charge is 0.444 e. The molecule has 0 saturated heterocycles. The van der Waals surface area contributed by atoms with Crippen molar-refractivity contribution in [2.75, 3.05) is 18.6 Å². The third kappa shape index (κ3) is 9.33. The van der Waals surface area contributed by atoms with Crippen LogP contribution in [0.5, 0.6) is 0 Å². The van der Waals surface area contributed by atoms with Crippen LogP contribution in [0.1, 0.15) is 38.3 Å². The van der Waals surface area contributed by atoms with Crippen LogP contribution in [0.3, 0.4) is 0 Å². The van der Waals surface area contributed by atoms with E-state index < -0.39 is 23.4 Å². The number of thioether (sulfide) groups is 1. The number of halogens is 3. The minimum absolute atomic E-state index is 0.164. The lowest BCUT2D eigenvalue weighted by Crippen LogP contribution is -2.44. The summed E-state index contributed by atoms with van der Waals surface area (Å²) in [5.41, 5.74) is -0.706. The van der Waals surface area contributed by atoms with Crippen LogP contribution in [-0.2, 0) is 17.5 Å². The van der Waals surface area contributed by atoms with Gasteiger partial charge in [-0.3, -0.25) is 0 Å². The standard InChI is InChI=1S/C18H27F3N2O2S/c1-17(2,3)25-16(24)23-15(8-9-26-4)12-22-11-13-6-5-7-14(10-13)18(19,20)21/h5-7,10,15,22H,8-9,11-12H2,1-4H3,(H,23,24)/t15-/m0/s1. The van der Waals surface area contributed by atoms with Crippen LogP contribution >= 0.6 is 11.8 Å². The molecule has 1 atom stereocenters. The van der Waals surface area contributed by atoms with Gasteiger partial charge >= 0.3 is 12.3 Å². The highest BCUT2D eigenvalue weighted by atomic mass is 32.2. The normalized spacial score (nSPS) is 13.3. The van der Waals surface area contributed by atoms with Crippen molar-refractivity contribution in [1.29, 1.82) is 0 Å². The molecule has 0 bridgehead atoms. The van der Waals surface area contributed by atoms with E-state index in [4.69, 9.17) is 4.74 Å². The smallest absolute Gasteiger partial charge is 0.416 e. The zero-order valence-electron chi connectivity index (χ0n) is 15.6. The molecule has 0 fully saturated rings. The number of amides is 1. The average molecular weight is 392 g/mol. The van der Waals surface area contributed by atoms with Crippen molar-refractivity contribution >= 4 is 17.9 Å². The number of alkyl carbamates (subject to hydrolysis) is 1. The molecule has 0 aromatic heterocycles. The van der Waals surface area contributed by atoms with Crippen LogP contribution in [0.15, 0.2) is 24.3 Å². The molecule has 0 heterocycles. The summed E-state index contributed by atoms with van der Waals surface area (Å²) < 4.78 is 43.5. The molecule has 8 heteroatoms. The van der Waals surface area contributed by atoms with E-state index in [1.807, 2.05) is 6.26 Å². The first-order valence-corrected chi connectivity index (χ1v) is 9.76. The third-order valence-electron chi connectivity index (χ3n) is 3.37. The molecule has 0 saturated carbocycles. The maximum atomic E-state index is 12.8. The number of carbonyl (C=O) groups excluding carboxylic acids is 1. The highest BCUT2D eigenvalue weighted by Gasteiger charge is 2.30. The van der Waals surface area contributed by atoms with Gasteiger partial charge in [-0.25, -0.2) is 4.79 Å². The molecule has 1 rings (SSSR count). The number of nitrogens with one attached hydrogen (secondary N) is 2. The quantitative estimate of drug-likeness (QED) is 0.687. The lowest BCUT2D eigenvalue weighted by Gasteiger charge is -2.24. The number of benzene rings is 1. The molecule has 148 valence electrons. The summed E-state index contributed by atoms with van der Waals surface area (Å²) in [4.78, 5) is 11.9. The Bertz CT molecular complexity index is 574. The molecule has 0 spiro atoms. The lowest BCUT2D eigenvalue weighted by atomic mass is 10.1. The summed E-state index contributed by atoms with van der Waals surface area (Å²) in [5.74, 6) is 0.853. The van der Waals surface area contributed by atoms with Gasteiger partial charge in [-0.15, -0.1) is 0 Å². The monoisotopic (exact) mass is 392 g/mol. The second-order valence-corrected chi connectivity index (χ2v) is 7.94. The Labute approximate surface area is 157 Å². The van der Waals surface area contributed by atoms with Crippen molar-refractivity contribution in [3.8, 4) is 0 Å². The summed E-state index contributed by atoms with van der Waals surface area (Å²) in [7, 11) is 0. The summed E-state index contributed by atoms with van der Waals surface area (Å²) >= 11 is 1.66. The fourth-order valence-electron chi connectivity index (χ4n) is 2.21. The van der Waals surface area contributed by atoms with Crippen molar-refractivity contribution < 1.29 is 22.7 Å². The molecule has 1 amide bonds. The minimum atomic E-state index is -4.35. The van der Waals surface area contributed by atoms with Crippen molar-refractivity contribution in [3.63, 3.8) is 0 Å². The van der Waals surface area contributed by atoms with E-state index >= 15 is 0 Å². The lowest BCUT2D eigenvalue weighted by molar-refractivity contribution is -0.137. The first kappa shape index (κ1) is 22.6. The summed E-state index contributed by atoms with van der Waals surface area (Å²) in [5, 5.41) is 5.92. The SMILES string of the molecule is CSCC[C@@H](CNCc1cccc(C(F)(F)F)c1)NC(=O)OC(C)(C)C. The van der Waals surface area contributed by atoms with Crippen molar-refractivity contribution in [2.45, 2.75) is 51.6 Å². The number of ether oxygens (including phenoxy) is 1. The number of hydrogen-bond donors (Lipinski definition) is 2. The molecule has 2 N–H and O–H groups in total. The van der Waals surface area contributed by atoms with Gasteiger partial charge in [0.25, 0.3) is 0 Å². The van der Waals surface area contributed by atoms with Gasteiger partial charge < -0.3 is 15.4 Å². The Morgan fingerprint density at radius 2 is 1.96 bits per heavy atom. The zero-order valence-corrected chi connectivity index (χ0v) is 16.4. The average Bonchev–Trinajstić information content (AvgIpc) is 2.50. The fourth-order valence-corrected chi connectivity index (χ4v) is 2.73. The van der Waals surface area contributed by atoms with Crippen LogP contribution in [0.2, 0.25) is 0 Å². The van der Waals surface area contributed by atoms with Gasteiger partial charge in [0.1, 0.15) is 5.60 Å². The number of hydrogen-bond acceptors (Lipinski definition) is 4. The molecular formula is C18H27F3N2O2S. The molecule has 4 nitrogen and oxygen atoms in total. The Hall–Kier alpha value is -1.41. The van der Waals surface area contributed by atoms with Gasteiger partial charge in [0.2, 0.25) is 0 Å². The van der Waals surface area contributed by atoms with E-state index in [-0.39, 0.29) is 12.6 Å². The van der Waals surface area contributed by atoms with Gasteiger partial charge in [-0.1, -0.05) is 18.2 Å². The van der Waals surface area contributed by atoms with Gasteiger partial charge in [-0.05, 0) is 50.8 Å². The molecular weight excluding hydrogens is 365 g/mol. The first-order valence-electron chi connectivity index (χ1n) is 8.36. The van der Waals surface area contributed by atoms with Crippen LogP contribution in [0.4, 0.5) is 18.0 Å². The molecule has 0 aliphatic rings. The minimum Gasteiger partial charge on any atom is -0.444 e. The maximum absolute atomic E-state index is 12.8. The van der Waals surface area contributed by atoms with Crippen LogP contribution in [0.25, 0.3) is 0 Å². The van der Waals surface area contributed by atoms with Crippen LogP contribution in [-0.4, -0.2) is 36.3 Å². The number of carbonyl (C=O) groups is 1. The molecule has 0 radical (unpaired) electrons. The molecule has 1 aromatic carbocycles. The van der Waals surface area contributed by atoms with Gasteiger partial charge in [0, 0.05) is 19.1 Å². The van der Waals surface area contributed by atoms with Crippen molar-refractivity contribution in [2.24, 2.45) is 0 Å². The van der Waals surface area contributed by atoms with E-state index in [0.717, 1.165) is 24.3 Å². The van der Waals surface area contributed by atoms with Crippen molar-refractivity contribution in [1.82, 2.24) is 10.6 Å². The maximum Gasteiger partial charge on any atom is 0.416 e. The Morgan fingerprint density at radius 3 is 2.54 bits per heavy atom. The molecule has 26 heavy (non-hydrogen) atoms. The Kier molecular flexibility index (Phi) is 8.76. The third-order valence-corrected chi connectivity index (χ3v) is 4.01. The highest BCUT2D eigenvalue weighted by molar-refractivity contribution is 7.98. The summed E-state index contributed by atoms with van der Waals surface area (Å²) in [6, 6.07) is 5.05. The number of alkyl halides is 3. The van der Waals surface area contributed by atoms with Crippen LogP contribution < -0.4 is 10.6 Å². The first-order chi connectivity index (χ1) is 12.0. The predicted octanol–water partition coefficient (Wildman–Crippen LogP) is 4.44. The predicted molar refractivity (Wildman–Crippen MR) is 99.3 cm³/mol. The number of rotatable bonds is 8. The second-order valence-electron chi connectivity index (χ2n) is 6.95. The van der Waals surface area contributed by atoms with E-state index in [1.54, 1.807) is 38.6 Å². The fraction of sp³-hybridized carbons (Fsp3) is 0.611. The summed E-state index contributed by atoms with van der Waals surface area (Å²) in [6.07, 6.45) is -2.14. The molecule has 1 aromatic rings.